The molecule has 6 heteroatoms. The number of nitrogens with zero attached hydrogens (tertiary/aromatic N) is 3. The number of benzene rings is 1. The van der Waals surface area contributed by atoms with E-state index in [4.69, 9.17) is 0 Å². The van der Waals surface area contributed by atoms with E-state index in [-0.39, 0.29) is 5.91 Å². The zero-order chi connectivity index (χ0) is 16.4. The van der Waals surface area contributed by atoms with E-state index in [0.29, 0.717) is 6.04 Å². The molecular formula is C18H18N4OS. The number of nitrogens with one attached hydrogen (secondary N) is 1. The van der Waals surface area contributed by atoms with Gasteiger partial charge in [0.25, 0.3) is 0 Å². The van der Waals surface area contributed by atoms with E-state index in [0.717, 1.165) is 33.9 Å². The summed E-state index contributed by atoms with van der Waals surface area (Å²) in [4.78, 5) is 16.7. The molecule has 0 aliphatic heterocycles. The van der Waals surface area contributed by atoms with Crippen molar-refractivity contribution >= 4 is 39.4 Å². The predicted octanol–water partition coefficient (Wildman–Crippen LogP) is 4.26. The Hall–Kier alpha value is -2.47. The van der Waals surface area contributed by atoms with Gasteiger partial charge in [0.1, 0.15) is 10.8 Å². The minimum absolute atomic E-state index is 0.158. The lowest BCUT2D eigenvalue weighted by molar-refractivity contribution is -0.111. The smallest absolute Gasteiger partial charge is 0.249 e. The zero-order valence-corrected chi connectivity index (χ0v) is 14.0. The molecule has 1 saturated carbocycles. The quantitative estimate of drug-likeness (QED) is 0.723. The molecule has 4 rings (SSSR count). The number of hydrogen-bond acceptors (Lipinski definition) is 4. The molecule has 1 aliphatic rings. The van der Waals surface area contributed by atoms with Gasteiger partial charge in [-0.15, -0.1) is 11.3 Å². The van der Waals surface area contributed by atoms with Crippen LogP contribution in [-0.4, -0.2) is 20.7 Å². The van der Waals surface area contributed by atoms with E-state index in [2.05, 4.69) is 15.4 Å². The molecule has 0 saturated heterocycles. The molecule has 1 aliphatic carbocycles. The van der Waals surface area contributed by atoms with E-state index < -0.39 is 0 Å². The molecule has 1 fully saturated rings. The van der Waals surface area contributed by atoms with Crippen molar-refractivity contribution in [3.8, 4) is 0 Å². The van der Waals surface area contributed by atoms with Crippen LogP contribution >= 0.6 is 11.3 Å². The van der Waals surface area contributed by atoms with Crippen LogP contribution in [0.15, 0.2) is 42.6 Å². The maximum atomic E-state index is 12.2. The molecular weight excluding hydrogens is 320 g/mol. The zero-order valence-electron chi connectivity index (χ0n) is 13.2. The first-order valence-corrected chi connectivity index (χ1v) is 8.99. The largest absolute Gasteiger partial charge is 0.307 e. The summed E-state index contributed by atoms with van der Waals surface area (Å²) in [6.07, 6.45) is 9.76. The molecule has 24 heavy (non-hydrogen) atoms. The second-order valence-electron chi connectivity index (χ2n) is 5.94. The minimum Gasteiger partial charge on any atom is -0.307 e. The fourth-order valence-corrected chi connectivity index (χ4v) is 4.00. The van der Waals surface area contributed by atoms with Crippen LogP contribution < -0.4 is 5.32 Å². The number of aromatic nitrogens is 3. The van der Waals surface area contributed by atoms with Crippen molar-refractivity contribution in [3.63, 3.8) is 0 Å². The molecule has 122 valence electrons. The Labute approximate surface area is 144 Å². The van der Waals surface area contributed by atoms with Crippen molar-refractivity contribution in [2.45, 2.75) is 31.7 Å². The van der Waals surface area contributed by atoms with Gasteiger partial charge in [-0.1, -0.05) is 25.0 Å². The summed E-state index contributed by atoms with van der Waals surface area (Å²) < 4.78 is 3.06. The Kier molecular flexibility index (Phi) is 4.13. The highest BCUT2D eigenvalue weighted by molar-refractivity contribution is 7.19. The van der Waals surface area contributed by atoms with Crippen molar-refractivity contribution in [1.82, 2.24) is 14.8 Å². The standard InChI is InChI=1S/C18H18N4OS/c23-17(9-10-18-20-14-7-3-4-8-15(14)24-18)21-16-11-12-19-22(16)13-5-1-2-6-13/h3-4,7-13H,1-2,5-6H2,(H,21,23). The summed E-state index contributed by atoms with van der Waals surface area (Å²) in [6.45, 7) is 0. The summed E-state index contributed by atoms with van der Waals surface area (Å²) >= 11 is 1.58. The molecule has 5 nitrogen and oxygen atoms in total. The molecule has 1 N–H and O–H groups in total. The van der Waals surface area contributed by atoms with Gasteiger partial charge in [0.15, 0.2) is 0 Å². The summed E-state index contributed by atoms with van der Waals surface area (Å²) in [5, 5.41) is 8.12. The van der Waals surface area contributed by atoms with E-state index in [1.165, 1.54) is 18.9 Å². The highest BCUT2D eigenvalue weighted by atomic mass is 32.1. The lowest BCUT2D eigenvalue weighted by Gasteiger charge is -2.13. The average Bonchev–Trinajstić information content (AvgIpc) is 3.32. The molecule has 0 spiro atoms. The molecule has 1 aromatic carbocycles. The third-order valence-electron chi connectivity index (χ3n) is 4.28. The van der Waals surface area contributed by atoms with Crippen LogP contribution in [0.5, 0.6) is 0 Å². The van der Waals surface area contributed by atoms with Gasteiger partial charge < -0.3 is 5.32 Å². The number of carbonyl (C=O) groups is 1. The van der Waals surface area contributed by atoms with Gasteiger partial charge in [0.05, 0.1) is 22.5 Å². The Morgan fingerprint density at radius 3 is 2.92 bits per heavy atom. The summed E-state index contributed by atoms with van der Waals surface area (Å²) in [7, 11) is 0. The fraction of sp³-hybridized carbons (Fsp3) is 0.278. The minimum atomic E-state index is -0.158. The highest BCUT2D eigenvalue weighted by Gasteiger charge is 2.20. The van der Waals surface area contributed by atoms with Gasteiger partial charge in [0.2, 0.25) is 5.91 Å². The monoisotopic (exact) mass is 338 g/mol. The number of carbonyl (C=O) groups excluding carboxylic acids is 1. The van der Waals surface area contributed by atoms with Crippen LogP contribution in [0.4, 0.5) is 5.82 Å². The van der Waals surface area contributed by atoms with E-state index >= 15 is 0 Å². The summed E-state index contributed by atoms with van der Waals surface area (Å²) in [5.74, 6) is 0.606. The third kappa shape index (κ3) is 3.10. The second-order valence-corrected chi connectivity index (χ2v) is 7.00. The maximum absolute atomic E-state index is 12.2. The van der Waals surface area contributed by atoms with E-state index in [9.17, 15) is 4.79 Å². The van der Waals surface area contributed by atoms with E-state index in [1.807, 2.05) is 35.0 Å². The number of anilines is 1. The average molecular weight is 338 g/mol. The van der Waals surface area contributed by atoms with Gasteiger partial charge >= 0.3 is 0 Å². The first-order valence-electron chi connectivity index (χ1n) is 8.18. The first-order chi connectivity index (χ1) is 11.8. The molecule has 1 amide bonds. The van der Waals surface area contributed by atoms with Gasteiger partial charge in [-0.05, 0) is 31.1 Å². The number of thiazole rings is 1. The number of hydrogen-bond donors (Lipinski definition) is 1. The van der Waals surface area contributed by atoms with Crippen LogP contribution in [0.1, 0.15) is 36.7 Å². The SMILES string of the molecule is O=C(C=Cc1nc2ccccc2s1)Nc1ccnn1C1CCCC1. The summed E-state index contributed by atoms with van der Waals surface area (Å²) in [5.41, 5.74) is 0.960. The van der Waals surface area contributed by atoms with Crippen molar-refractivity contribution in [3.05, 3.63) is 47.6 Å². The normalized spacial score (nSPS) is 15.5. The Balaban J connectivity index is 1.46. The Morgan fingerprint density at radius 2 is 2.08 bits per heavy atom. The lowest BCUT2D eigenvalue weighted by atomic mass is 10.2. The van der Waals surface area contributed by atoms with Crippen LogP contribution in [-0.2, 0) is 4.79 Å². The van der Waals surface area contributed by atoms with Crippen molar-refractivity contribution in [2.75, 3.05) is 5.32 Å². The van der Waals surface area contributed by atoms with Gasteiger partial charge in [-0.25, -0.2) is 9.67 Å². The highest BCUT2D eigenvalue weighted by Crippen LogP contribution is 2.31. The number of rotatable bonds is 4. The van der Waals surface area contributed by atoms with Crippen LogP contribution in [0.25, 0.3) is 16.3 Å². The van der Waals surface area contributed by atoms with Crippen LogP contribution in [0, 0.1) is 0 Å². The number of fused-ring (bicyclic) bond motifs is 1. The Morgan fingerprint density at radius 1 is 1.25 bits per heavy atom. The Bertz CT molecular complexity index is 856. The molecule has 0 bridgehead atoms. The molecule has 0 unspecified atom stereocenters. The third-order valence-corrected chi connectivity index (χ3v) is 5.28. The predicted molar refractivity (Wildman–Crippen MR) is 97.0 cm³/mol. The molecule has 3 aromatic rings. The van der Waals surface area contributed by atoms with Crippen LogP contribution in [0.2, 0.25) is 0 Å². The lowest BCUT2D eigenvalue weighted by Crippen LogP contribution is -2.15. The first kappa shape index (κ1) is 15.1. The maximum Gasteiger partial charge on any atom is 0.249 e. The van der Waals surface area contributed by atoms with Gasteiger partial charge in [-0.2, -0.15) is 5.10 Å². The van der Waals surface area contributed by atoms with Crippen molar-refractivity contribution in [2.24, 2.45) is 0 Å². The topological polar surface area (TPSA) is 59.8 Å². The van der Waals surface area contributed by atoms with Gasteiger partial charge in [0, 0.05) is 12.1 Å². The molecule has 2 heterocycles. The summed E-state index contributed by atoms with van der Waals surface area (Å²) in [6, 6.07) is 10.2. The second kappa shape index (κ2) is 6.57. The van der Waals surface area contributed by atoms with Gasteiger partial charge in [-0.3, -0.25) is 4.79 Å². The van der Waals surface area contributed by atoms with Crippen molar-refractivity contribution < 1.29 is 4.79 Å². The molecule has 0 atom stereocenters. The van der Waals surface area contributed by atoms with E-state index in [1.54, 1.807) is 23.6 Å². The number of amides is 1. The fourth-order valence-electron chi connectivity index (χ4n) is 3.13. The van der Waals surface area contributed by atoms with Crippen LogP contribution in [0.3, 0.4) is 0 Å². The molecule has 2 aromatic heterocycles. The van der Waals surface area contributed by atoms with Crippen molar-refractivity contribution in [1.29, 1.82) is 0 Å². The molecule has 0 radical (unpaired) electrons. The number of para-hydroxylation sites is 1.